The third-order valence-electron chi connectivity index (χ3n) is 3.19. The molecule has 4 nitrogen and oxygen atoms in total. The summed E-state index contributed by atoms with van der Waals surface area (Å²) in [5, 5.41) is 9.47. The van der Waals surface area contributed by atoms with Crippen LogP contribution in [0.3, 0.4) is 0 Å². The maximum absolute atomic E-state index is 11.5. The molecule has 0 saturated heterocycles. The Morgan fingerprint density at radius 3 is 2.71 bits per heavy atom. The highest BCUT2D eigenvalue weighted by Crippen LogP contribution is 2.26. The number of carbonyl (C=O) groups is 1. The third-order valence-corrected chi connectivity index (χ3v) is 3.19. The van der Waals surface area contributed by atoms with E-state index >= 15 is 0 Å². The largest absolute Gasteiger partial charge is 0.480 e. The molecule has 4 heteroatoms. The molecule has 0 bridgehead atoms. The average Bonchev–Trinajstić information content (AvgIpc) is 2.35. The first-order valence-corrected chi connectivity index (χ1v) is 5.89. The second-order valence-corrected chi connectivity index (χ2v) is 4.37. The molecule has 1 rings (SSSR count). The molecule has 0 radical (unpaired) electrons. The summed E-state index contributed by atoms with van der Waals surface area (Å²) in [5.41, 5.74) is -0.484. The van der Waals surface area contributed by atoms with Crippen molar-refractivity contribution in [3.8, 4) is 0 Å². The van der Waals surface area contributed by atoms with E-state index in [1.807, 2.05) is 18.0 Å². The van der Waals surface area contributed by atoms with E-state index < -0.39 is 11.5 Å². The number of carboxylic acid groups (broad SMARTS) is 1. The van der Waals surface area contributed by atoms with Gasteiger partial charge in [-0.2, -0.15) is 0 Å². The van der Waals surface area contributed by atoms with Crippen LogP contribution in [-0.4, -0.2) is 34.6 Å². The van der Waals surface area contributed by atoms with Crippen LogP contribution in [0.15, 0.2) is 24.4 Å². The third kappa shape index (κ3) is 2.82. The van der Waals surface area contributed by atoms with Gasteiger partial charge in [0, 0.05) is 6.20 Å². The van der Waals surface area contributed by atoms with E-state index in [1.165, 1.54) is 0 Å². The number of unbranched alkanes of at least 4 members (excludes halogenated alkanes) is 1. The SMILES string of the molecule is CCCCN(C)C(C)(C(=O)O)c1ccccn1. The second-order valence-electron chi connectivity index (χ2n) is 4.37. The minimum Gasteiger partial charge on any atom is -0.480 e. The molecule has 0 aromatic carbocycles. The second kappa shape index (κ2) is 5.77. The van der Waals surface area contributed by atoms with E-state index in [0.29, 0.717) is 5.69 Å². The van der Waals surface area contributed by atoms with Crippen LogP contribution < -0.4 is 0 Å². The van der Waals surface area contributed by atoms with Gasteiger partial charge in [0.15, 0.2) is 5.54 Å². The van der Waals surface area contributed by atoms with E-state index in [1.54, 1.807) is 25.3 Å². The molecule has 0 amide bonds. The summed E-state index contributed by atoms with van der Waals surface area (Å²) >= 11 is 0. The Balaban J connectivity index is 3.01. The summed E-state index contributed by atoms with van der Waals surface area (Å²) < 4.78 is 0. The lowest BCUT2D eigenvalue weighted by atomic mass is 9.95. The van der Waals surface area contributed by atoms with Crippen molar-refractivity contribution >= 4 is 5.97 Å². The number of aliphatic carboxylic acids is 1. The van der Waals surface area contributed by atoms with Crippen LogP contribution in [-0.2, 0) is 10.3 Å². The van der Waals surface area contributed by atoms with Gasteiger partial charge in [-0.25, -0.2) is 4.79 Å². The van der Waals surface area contributed by atoms with Gasteiger partial charge in [0.05, 0.1) is 5.69 Å². The Kier molecular flexibility index (Phi) is 4.63. The van der Waals surface area contributed by atoms with Crippen LogP contribution in [0.4, 0.5) is 0 Å². The Hall–Kier alpha value is -1.42. The summed E-state index contributed by atoms with van der Waals surface area (Å²) in [5.74, 6) is -0.866. The molecule has 17 heavy (non-hydrogen) atoms. The molecule has 0 spiro atoms. The molecule has 1 N–H and O–H groups in total. The standard InChI is InChI=1S/C13H20N2O2/c1-4-5-10-15(3)13(2,12(16)17)11-8-6-7-9-14-11/h6-9H,4-5,10H2,1-3H3,(H,16,17). The zero-order chi connectivity index (χ0) is 12.9. The van der Waals surface area contributed by atoms with Crippen molar-refractivity contribution in [2.45, 2.75) is 32.2 Å². The Labute approximate surface area is 102 Å². The molecule has 1 aromatic heterocycles. The van der Waals surface area contributed by atoms with Crippen molar-refractivity contribution in [1.29, 1.82) is 0 Å². The van der Waals surface area contributed by atoms with Crippen molar-refractivity contribution in [2.75, 3.05) is 13.6 Å². The number of rotatable bonds is 6. The van der Waals surface area contributed by atoms with Crippen LogP contribution >= 0.6 is 0 Å². The summed E-state index contributed by atoms with van der Waals surface area (Å²) in [6.45, 7) is 4.54. The highest BCUT2D eigenvalue weighted by atomic mass is 16.4. The first-order valence-electron chi connectivity index (χ1n) is 5.89. The van der Waals surface area contributed by atoms with Gasteiger partial charge in [0.1, 0.15) is 0 Å². The Morgan fingerprint density at radius 2 is 2.24 bits per heavy atom. The molecule has 1 aromatic rings. The summed E-state index contributed by atoms with van der Waals surface area (Å²) in [4.78, 5) is 17.6. The average molecular weight is 236 g/mol. The fourth-order valence-corrected chi connectivity index (χ4v) is 1.74. The van der Waals surface area contributed by atoms with Crippen molar-refractivity contribution < 1.29 is 9.90 Å². The normalized spacial score (nSPS) is 14.6. The monoisotopic (exact) mass is 236 g/mol. The lowest BCUT2D eigenvalue weighted by Gasteiger charge is -2.34. The molecule has 0 saturated carbocycles. The zero-order valence-electron chi connectivity index (χ0n) is 10.7. The lowest BCUT2D eigenvalue weighted by Crippen LogP contribution is -2.48. The van der Waals surface area contributed by atoms with Gasteiger partial charge in [-0.15, -0.1) is 0 Å². The maximum atomic E-state index is 11.5. The van der Waals surface area contributed by atoms with Crippen molar-refractivity contribution in [3.05, 3.63) is 30.1 Å². The van der Waals surface area contributed by atoms with Crippen LogP contribution in [0.2, 0.25) is 0 Å². The van der Waals surface area contributed by atoms with Crippen LogP contribution in [0, 0.1) is 0 Å². The molecule has 0 aliphatic carbocycles. The molecule has 0 aliphatic heterocycles. The number of aromatic nitrogens is 1. The number of pyridine rings is 1. The molecule has 1 unspecified atom stereocenters. The molecule has 1 heterocycles. The van der Waals surface area contributed by atoms with E-state index in [2.05, 4.69) is 11.9 Å². The van der Waals surface area contributed by atoms with E-state index in [9.17, 15) is 9.90 Å². The fraction of sp³-hybridized carbons (Fsp3) is 0.538. The Morgan fingerprint density at radius 1 is 1.53 bits per heavy atom. The van der Waals surface area contributed by atoms with E-state index in [0.717, 1.165) is 19.4 Å². The first kappa shape index (κ1) is 13.6. The first-order chi connectivity index (χ1) is 8.03. The summed E-state index contributed by atoms with van der Waals surface area (Å²) in [6, 6.07) is 5.37. The smallest absolute Gasteiger partial charge is 0.330 e. The van der Waals surface area contributed by atoms with E-state index in [4.69, 9.17) is 0 Å². The quantitative estimate of drug-likeness (QED) is 0.822. The number of likely N-dealkylation sites (N-methyl/N-ethyl adjacent to an activating group) is 1. The zero-order valence-corrected chi connectivity index (χ0v) is 10.7. The van der Waals surface area contributed by atoms with Gasteiger partial charge >= 0.3 is 5.97 Å². The topological polar surface area (TPSA) is 53.4 Å². The fourth-order valence-electron chi connectivity index (χ4n) is 1.74. The molecular formula is C13H20N2O2. The molecule has 94 valence electrons. The van der Waals surface area contributed by atoms with Gasteiger partial charge in [0.25, 0.3) is 0 Å². The van der Waals surface area contributed by atoms with Gasteiger partial charge in [-0.1, -0.05) is 19.4 Å². The predicted molar refractivity (Wildman–Crippen MR) is 66.8 cm³/mol. The Bertz CT molecular complexity index is 367. The van der Waals surface area contributed by atoms with Gasteiger partial charge < -0.3 is 5.11 Å². The number of hydrogen-bond donors (Lipinski definition) is 1. The van der Waals surface area contributed by atoms with Crippen LogP contribution in [0.1, 0.15) is 32.4 Å². The highest BCUT2D eigenvalue weighted by molar-refractivity contribution is 5.79. The van der Waals surface area contributed by atoms with Crippen molar-refractivity contribution in [1.82, 2.24) is 9.88 Å². The van der Waals surface area contributed by atoms with Crippen LogP contribution in [0.5, 0.6) is 0 Å². The minimum atomic E-state index is -1.06. The predicted octanol–water partition coefficient (Wildman–Crippen LogP) is 2.11. The molecule has 0 aliphatic rings. The van der Waals surface area contributed by atoms with Gasteiger partial charge in [0.2, 0.25) is 0 Å². The molecule has 1 atom stereocenters. The summed E-state index contributed by atoms with van der Waals surface area (Å²) in [7, 11) is 1.83. The highest BCUT2D eigenvalue weighted by Gasteiger charge is 2.40. The van der Waals surface area contributed by atoms with Crippen molar-refractivity contribution in [3.63, 3.8) is 0 Å². The minimum absolute atomic E-state index is 0.575. The maximum Gasteiger partial charge on any atom is 0.330 e. The number of nitrogens with zero attached hydrogens (tertiary/aromatic N) is 2. The number of hydrogen-bond acceptors (Lipinski definition) is 3. The van der Waals surface area contributed by atoms with Crippen LogP contribution in [0.25, 0.3) is 0 Å². The molecular weight excluding hydrogens is 216 g/mol. The summed E-state index contributed by atoms with van der Waals surface area (Å²) in [6.07, 6.45) is 3.65. The van der Waals surface area contributed by atoms with Gasteiger partial charge in [-0.3, -0.25) is 9.88 Å². The van der Waals surface area contributed by atoms with Gasteiger partial charge in [-0.05, 0) is 39.1 Å². The van der Waals surface area contributed by atoms with E-state index in [-0.39, 0.29) is 0 Å². The molecule has 0 fully saturated rings. The van der Waals surface area contributed by atoms with Crippen molar-refractivity contribution in [2.24, 2.45) is 0 Å². The number of carboxylic acids is 1. The lowest BCUT2D eigenvalue weighted by molar-refractivity contribution is -0.150.